The van der Waals surface area contributed by atoms with Crippen LogP contribution in [-0.2, 0) is 13.0 Å². The quantitative estimate of drug-likeness (QED) is 0.585. The molecule has 0 fully saturated rings. The Morgan fingerprint density at radius 2 is 2.12 bits per heavy atom. The number of rotatable bonds is 7. The van der Waals surface area contributed by atoms with Gasteiger partial charge in [0.2, 0.25) is 12.7 Å². The molecule has 2 N–H and O–H groups in total. The second-order valence-corrected chi connectivity index (χ2v) is 5.73. The third kappa shape index (κ3) is 4.56. The van der Waals surface area contributed by atoms with Crippen LogP contribution in [-0.4, -0.2) is 37.9 Å². The van der Waals surface area contributed by atoms with E-state index in [4.69, 9.17) is 14.2 Å². The van der Waals surface area contributed by atoms with Gasteiger partial charge >= 0.3 is 0 Å². The van der Waals surface area contributed by atoms with Crippen molar-refractivity contribution in [2.75, 3.05) is 27.0 Å². The van der Waals surface area contributed by atoms with Crippen LogP contribution in [0.2, 0.25) is 0 Å². The second-order valence-electron chi connectivity index (χ2n) is 5.73. The van der Waals surface area contributed by atoms with E-state index >= 15 is 0 Å². The highest BCUT2D eigenvalue weighted by Gasteiger charge is 2.13. The molecule has 0 bridgehead atoms. The van der Waals surface area contributed by atoms with E-state index in [1.807, 2.05) is 31.2 Å². The Kier molecular flexibility index (Phi) is 6.14. The van der Waals surface area contributed by atoms with E-state index in [2.05, 4.69) is 26.7 Å². The smallest absolute Gasteiger partial charge is 0.231 e. The molecule has 1 aromatic heterocycles. The van der Waals surface area contributed by atoms with Crippen molar-refractivity contribution >= 4 is 5.96 Å². The van der Waals surface area contributed by atoms with Crippen molar-refractivity contribution in [2.24, 2.45) is 4.99 Å². The van der Waals surface area contributed by atoms with Crippen molar-refractivity contribution in [3.63, 3.8) is 0 Å². The van der Waals surface area contributed by atoms with Gasteiger partial charge in [-0.1, -0.05) is 12.1 Å². The van der Waals surface area contributed by atoms with Gasteiger partial charge < -0.3 is 24.8 Å². The SMILES string of the molecule is CCNC(=NCc1cccnc1OC)NCCc1ccc2c(c1)OCO2. The molecule has 0 unspecified atom stereocenters. The maximum absolute atomic E-state index is 5.42. The predicted molar refractivity (Wildman–Crippen MR) is 99.9 cm³/mol. The molecule has 138 valence electrons. The number of aromatic nitrogens is 1. The molecule has 2 aromatic rings. The first-order valence-corrected chi connectivity index (χ1v) is 8.68. The van der Waals surface area contributed by atoms with E-state index in [0.717, 1.165) is 42.5 Å². The molecule has 2 heterocycles. The summed E-state index contributed by atoms with van der Waals surface area (Å²) in [5.74, 6) is 2.99. The largest absolute Gasteiger partial charge is 0.481 e. The zero-order valence-corrected chi connectivity index (χ0v) is 15.1. The highest BCUT2D eigenvalue weighted by atomic mass is 16.7. The molecule has 0 saturated heterocycles. The van der Waals surface area contributed by atoms with Crippen molar-refractivity contribution in [3.8, 4) is 17.4 Å². The molecule has 7 heteroatoms. The van der Waals surface area contributed by atoms with Gasteiger partial charge in [0, 0.05) is 24.8 Å². The fraction of sp³-hybridized carbons (Fsp3) is 0.368. The molecule has 1 aliphatic heterocycles. The fourth-order valence-electron chi connectivity index (χ4n) is 2.66. The van der Waals surface area contributed by atoms with Crippen molar-refractivity contribution < 1.29 is 14.2 Å². The third-order valence-corrected chi connectivity index (χ3v) is 3.94. The van der Waals surface area contributed by atoms with Crippen molar-refractivity contribution in [1.29, 1.82) is 0 Å². The van der Waals surface area contributed by atoms with Crippen LogP contribution in [0.5, 0.6) is 17.4 Å². The van der Waals surface area contributed by atoms with Crippen LogP contribution in [0.25, 0.3) is 0 Å². The summed E-state index contributed by atoms with van der Waals surface area (Å²) < 4.78 is 16.0. The molecule has 0 atom stereocenters. The van der Waals surface area contributed by atoms with Crippen LogP contribution in [0.15, 0.2) is 41.5 Å². The molecule has 0 saturated carbocycles. The zero-order valence-electron chi connectivity index (χ0n) is 15.1. The number of hydrogen-bond donors (Lipinski definition) is 2. The molecule has 7 nitrogen and oxygen atoms in total. The number of nitrogens with zero attached hydrogens (tertiary/aromatic N) is 2. The second kappa shape index (κ2) is 8.94. The summed E-state index contributed by atoms with van der Waals surface area (Å²) in [6.45, 7) is 4.39. The lowest BCUT2D eigenvalue weighted by Crippen LogP contribution is -2.38. The molecule has 3 rings (SSSR count). The molecular weight excluding hydrogens is 332 g/mol. The van der Waals surface area contributed by atoms with E-state index in [1.165, 1.54) is 5.56 Å². The number of nitrogens with one attached hydrogen (secondary N) is 2. The summed E-state index contributed by atoms with van der Waals surface area (Å²) in [6.07, 6.45) is 2.57. The summed E-state index contributed by atoms with van der Waals surface area (Å²) >= 11 is 0. The number of fused-ring (bicyclic) bond motifs is 1. The molecule has 26 heavy (non-hydrogen) atoms. The summed E-state index contributed by atoms with van der Waals surface area (Å²) in [4.78, 5) is 8.81. The van der Waals surface area contributed by atoms with Crippen LogP contribution in [0.1, 0.15) is 18.1 Å². The number of ether oxygens (including phenoxy) is 3. The average Bonchev–Trinajstić information content (AvgIpc) is 3.14. The molecule has 0 radical (unpaired) electrons. The Balaban J connectivity index is 1.56. The van der Waals surface area contributed by atoms with Gasteiger partial charge in [-0.15, -0.1) is 0 Å². The molecule has 0 spiro atoms. The predicted octanol–water partition coefficient (Wildman–Crippen LogP) is 2.12. The van der Waals surface area contributed by atoms with Crippen molar-refractivity contribution in [1.82, 2.24) is 15.6 Å². The van der Waals surface area contributed by atoms with Crippen LogP contribution >= 0.6 is 0 Å². The number of aliphatic imine (C=N–C) groups is 1. The van der Waals surface area contributed by atoms with E-state index in [0.29, 0.717) is 19.2 Å². The van der Waals surface area contributed by atoms with Crippen LogP contribution in [0.3, 0.4) is 0 Å². The van der Waals surface area contributed by atoms with Crippen molar-refractivity contribution in [3.05, 3.63) is 47.7 Å². The molecule has 0 aliphatic carbocycles. The maximum Gasteiger partial charge on any atom is 0.231 e. The van der Waals surface area contributed by atoms with Gasteiger partial charge in [0.1, 0.15) is 0 Å². The van der Waals surface area contributed by atoms with Crippen LogP contribution in [0, 0.1) is 0 Å². The highest BCUT2D eigenvalue weighted by Crippen LogP contribution is 2.32. The van der Waals surface area contributed by atoms with Gasteiger partial charge in [0.25, 0.3) is 0 Å². The molecule has 1 aromatic carbocycles. The Hall–Kier alpha value is -2.96. The number of benzene rings is 1. The van der Waals surface area contributed by atoms with Gasteiger partial charge in [-0.3, -0.25) is 0 Å². The van der Waals surface area contributed by atoms with Gasteiger partial charge in [0.15, 0.2) is 17.5 Å². The normalized spacial score (nSPS) is 12.8. The Morgan fingerprint density at radius 1 is 1.23 bits per heavy atom. The first-order chi connectivity index (χ1) is 12.8. The first kappa shape index (κ1) is 17.8. The lowest BCUT2D eigenvalue weighted by Gasteiger charge is -2.12. The van der Waals surface area contributed by atoms with Gasteiger partial charge in [-0.25, -0.2) is 9.98 Å². The van der Waals surface area contributed by atoms with Crippen molar-refractivity contribution in [2.45, 2.75) is 19.9 Å². The van der Waals surface area contributed by atoms with Gasteiger partial charge in [0.05, 0.1) is 13.7 Å². The Morgan fingerprint density at radius 3 is 2.96 bits per heavy atom. The summed E-state index contributed by atoms with van der Waals surface area (Å²) in [5, 5.41) is 6.60. The molecular formula is C19H24N4O3. The van der Waals surface area contributed by atoms with E-state index in [1.54, 1.807) is 13.3 Å². The highest BCUT2D eigenvalue weighted by molar-refractivity contribution is 5.79. The fourth-order valence-corrected chi connectivity index (χ4v) is 2.66. The average molecular weight is 356 g/mol. The van der Waals surface area contributed by atoms with Gasteiger partial charge in [-0.05, 0) is 37.1 Å². The minimum Gasteiger partial charge on any atom is -0.481 e. The maximum atomic E-state index is 5.42. The van der Waals surface area contributed by atoms with Crippen LogP contribution < -0.4 is 24.8 Å². The minimum absolute atomic E-state index is 0.298. The van der Waals surface area contributed by atoms with E-state index in [9.17, 15) is 0 Å². The standard InChI is InChI=1S/C19H24N4O3/c1-3-20-19(23-12-15-5-4-9-21-18(15)24-2)22-10-8-14-6-7-16-17(11-14)26-13-25-16/h4-7,9,11H,3,8,10,12-13H2,1-2H3,(H2,20,22,23). The van der Waals surface area contributed by atoms with E-state index < -0.39 is 0 Å². The molecule has 1 aliphatic rings. The number of pyridine rings is 1. The first-order valence-electron chi connectivity index (χ1n) is 8.68. The zero-order chi connectivity index (χ0) is 18.2. The molecule has 0 amide bonds. The lowest BCUT2D eigenvalue weighted by molar-refractivity contribution is 0.174. The number of hydrogen-bond acceptors (Lipinski definition) is 5. The number of guanidine groups is 1. The third-order valence-electron chi connectivity index (χ3n) is 3.94. The lowest BCUT2D eigenvalue weighted by atomic mass is 10.1. The Bertz CT molecular complexity index is 764. The summed E-state index contributed by atoms with van der Waals surface area (Å²) in [7, 11) is 1.62. The number of methoxy groups -OCH3 is 1. The van der Waals surface area contributed by atoms with Gasteiger partial charge in [-0.2, -0.15) is 0 Å². The van der Waals surface area contributed by atoms with E-state index in [-0.39, 0.29) is 0 Å². The summed E-state index contributed by atoms with van der Waals surface area (Å²) in [5.41, 5.74) is 2.13. The topological polar surface area (TPSA) is 77.0 Å². The van der Waals surface area contributed by atoms with Crippen LogP contribution in [0.4, 0.5) is 0 Å². The summed E-state index contributed by atoms with van der Waals surface area (Å²) in [6, 6.07) is 9.87. The minimum atomic E-state index is 0.298. The monoisotopic (exact) mass is 356 g/mol. The Labute approximate surface area is 153 Å².